The number of ether oxygens (including phenoxy) is 2. The minimum Gasteiger partial charge on any atom is -0.493 e. The Balaban J connectivity index is 2.40. The molecule has 1 aliphatic heterocycles. The molecule has 23 heavy (non-hydrogen) atoms. The first-order valence-corrected chi connectivity index (χ1v) is 10.5. The van der Waals surface area contributed by atoms with Crippen LogP contribution in [0.3, 0.4) is 0 Å². The quantitative estimate of drug-likeness (QED) is 0.746. The molecular formula is C14H21NO6S2. The Morgan fingerprint density at radius 3 is 2.35 bits per heavy atom. The summed E-state index contributed by atoms with van der Waals surface area (Å²) >= 11 is 0. The Hall–Kier alpha value is -1.32. The number of nitrogens with zero attached hydrogens (tertiary/aromatic N) is 1. The molecule has 130 valence electrons. The molecule has 0 aliphatic carbocycles. The highest BCUT2D eigenvalue weighted by molar-refractivity contribution is 7.92. The first kappa shape index (κ1) is 18.0. The number of sulfone groups is 1. The van der Waals surface area contributed by atoms with E-state index in [1.807, 2.05) is 0 Å². The lowest BCUT2D eigenvalue weighted by Crippen LogP contribution is -2.40. The number of hydrogen-bond donors (Lipinski definition) is 0. The maximum absolute atomic E-state index is 12.9. The van der Waals surface area contributed by atoms with Crippen molar-refractivity contribution in [2.45, 2.75) is 24.3 Å². The molecule has 0 N–H and O–H groups in total. The zero-order chi connectivity index (χ0) is 17.3. The second-order valence-electron chi connectivity index (χ2n) is 5.28. The van der Waals surface area contributed by atoms with Gasteiger partial charge in [-0.3, -0.25) is 0 Å². The maximum Gasteiger partial charge on any atom is 0.243 e. The zero-order valence-electron chi connectivity index (χ0n) is 13.4. The van der Waals surface area contributed by atoms with Crippen LogP contribution in [0.25, 0.3) is 0 Å². The van der Waals surface area contributed by atoms with Gasteiger partial charge in [-0.15, -0.1) is 0 Å². The molecule has 1 aliphatic rings. The summed E-state index contributed by atoms with van der Waals surface area (Å²) in [6.45, 7) is 1.90. The van der Waals surface area contributed by atoms with Crippen LogP contribution in [0.5, 0.6) is 11.5 Å². The summed E-state index contributed by atoms with van der Waals surface area (Å²) in [6, 6.07) is 3.82. The molecule has 1 saturated heterocycles. The third-order valence-corrected chi connectivity index (χ3v) is 7.66. The molecule has 1 atom stereocenters. The topological polar surface area (TPSA) is 90.0 Å². The minimum atomic E-state index is -3.81. The van der Waals surface area contributed by atoms with Crippen LogP contribution in [0.4, 0.5) is 0 Å². The van der Waals surface area contributed by atoms with E-state index in [0.717, 1.165) is 0 Å². The van der Waals surface area contributed by atoms with Gasteiger partial charge in [-0.05, 0) is 18.6 Å². The number of rotatable bonds is 6. The van der Waals surface area contributed by atoms with Crippen molar-refractivity contribution in [1.29, 1.82) is 0 Å². The third-order valence-electron chi connectivity index (χ3n) is 3.89. The van der Waals surface area contributed by atoms with Crippen molar-refractivity contribution in [2.75, 3.05) is 32.3 Å². The molecule has 0 unspecified atom stereocenters. The molecule has 9 heteroatoms. The molecule has 7 nitrogen and oxygen atoms in total. The van der Waals surface area contributed by atoms with E-state index in [-0.39, 0.29) is 22.9 Å². The molecule has 1 fully saturated rings. The minimum absolute atomic E-state index is 0.0234. The van der Waals surface area contributed by atoms with Crippen molar-refractivity contribution >= 4 is 19.9 Å². The highest BCUT2D eigenvalue weighted by Crippen LogP contribution is 2.32. The Morgan fingerprint density at radius 1 is 1.22 bits per heavy atom. The SMILES string of the molecule is CCN([C@@H]1CCS(=O)(=O)C1)S(=O)(=O)c1ccc(OC)c(OC)c1. The highest BCUT2D eigenvalue weighted by atomic mass is 32.2. The number of methoxy groups -OCH3 is 2. The summed E-state index contributed by atoms with van der Waals surface area (Å²) in [5, 5.41) is 0. The van der Waals surface area contributed by atoms with Gasteiger partial charge in [0, 0.05) is 18.7 Å². The van der Waals surface area contributed by atoms with Gasteiger partial charge in [-0.2, -0.15) is 4.31 Å². The fourth-order valence-electron chi connectivity index (χ4n) is 2.74. The van der Waals surface area contributed by atoms with Crippen molar-refractivity contribution in [3.05, 3.63) is 18.2 Å². The van der Waals surface area contributed by atoms with E-state index in [2.05, 4.69) is 0 Å². The van der Waals surface area contributed by atoms with Crippen LogP contribution in [0.2, 0.25) is 0 Å². The normalized spacial score (nSPS) is 20.6. The molecule has 0 bridgehead atoms. The molecule has 2 rings (SSSR count). The lowest BCUT2D eigenvalue weighted by Gasteiger charge is -2.26. The van der Waals surface area contributed by atoms with Crippen LogP contribution in [0.15, 0.2) is 23.1 Å². The summed E-state index contributed by atoms with van der Waals surface area (Å²) in [6.07, 6.45) is 0.322. The average Bonchev–Trinajstić information content (AvgIpc) is 2.86. The van der Waals surface area contributed by atoms with Crippen molar-refractivity contribution in [1.82, 2.24) is 4.31 Å². The fourth-order valence-corrected chi connectivity index (χ4v) is 6.24. The lowest BCUT2D eigenvalue weighted by molar-refractivity contribution is 0.348. The van der Waals surface area contributed by atoms with Gasteiger partial charge in [-0.1, -0.05) is 6.92 Å². The van der Waals surface area contributed by atoms with Crippen molar-refractivity contribution in [3.8, 4) is 11.5 Å². The van der Waals surface area contributed by atoms with Crippen LogP contribution in [0.1, 0.15) is 13.3 Å². The van der Waals surface area contributed by atoms with E-state index >= 15 is 0 Å². The van der Waals surface area contributed by atoms with E-state index in [1.165, 1.54) is 36.7 Å². The molecule has 0 saturated carbocycles. The largest absolute Gasteiger partial charge is 0.493 e. The van der Waals surface area contributed by atoms with Crippen LogP contribution < -0.4 is 9.47 Å². The molecule has 1 heterocycles. The smallest absolute Gasteiger partial charge is 0.243 e. The highest BCUT2D eigenvalue weighted by Gasteiger charge is 2.38. The van der Waals surface area contributed by atoms with Crippen LogP contribution in [-0.4, -0.2) is 59.5 Å². The monoisotopic (exact) mass is 363 g/mol. The van der Waals surface area contributed by atoms with E-state index in [1.54, 1.807) is 6.92 Å². The molecular weight excluding hydrogens is 342 g/mol. The Morgan fingerprint density at radius 2 is 1.87 bits per heavy atom. The van der Waals surface area contributed by atoms with Crippen molar-refractivity contribution < 1.29 is 26.3 Å². The summed E-state index contributed by atoms with van der Waals surface area (Å²) < 4.78 is 60.5. The van der Waals surface area contributed by atoms with Gasteiger partial charge in [0.2, 0.25) is 10.0 Å². The summed E-state index contributed by atoms with van der Waals surface area (Å²) in [5.41, 5.74) is 0. The van der Waals surface area contributed by atoms with Gasteiger partial charge in [0.05, 0.1) is 30.6 Å². The van der Waals surface area contributed by atoms with E-state index in [4.69, 9.17) is 9.47 Å². The molecule has 0 amide bonds. The first-order valence-electron chi connectivity index (χ1n) is 7.19. The van der Waals surface area contributed by atoms with Crippen LogP contribution in [-0.2, 0) is 19.9 Å². The van der Waals surface area contributed by atoms with Gasteiger partial charge in [0.25, 0.3) is 0 Å². The van der Waals surface area contributed by atoms with Gasteiger partial charge < -0.3 is 9.47 Å². The second-order valence-corrected chi connectivity index (χ2v) is 9.40. The van der Waals surface area contributed by atoms with E-state index < -0.39 is 25.9 Å². The van der Waals surface area contributed by atoms with Crippen LogP contribution in [0, 0.1) is 0 Å². The van der Waals surface area contributed by atoms with Gasteiger partial charge in [0.15, 0.2) is 21.3 Å². The fraction of sp³-hybridized carbons (Fsp3) is 0.571. The summed E-state index contributed by atoms with van der Waals surface area (Å²) in [4.78, 5) is 0.0568. The first-order chi connectivity index (χ1) is 10.7. The van der Waals surface area contributed by atoms with Crippen molar-refractivity contribution in [2.24, 2.45) is 0 Å². The Kier molecular flexibility index (Phi) is 5.22. The molecule has 0 spiro atoms. The molecule has 0 radical (unpaired) electrons. The third kappa shape index (κ3) is 3.61. The maximum atomic E-state index is 12.9. The number of benzene rings is 1. The summed E-state index contributed by atoms with van der Waals surface area (Å²) in [5.74, 6) is 0.629. The average molecular weight is 363 g/mol. The van der Waals surface area contributed by atoms with Crippen LogP contribution >= 0.6 is 0 Å². The Labute approximate surface area is 137 Å². The zero-order valence-corrected chi connectivity index (χ0v) is 15.0. The van der Waals surface area contributed by atoms with E-state index in [0.29, 0.717) is 17.9 Å². The lowest BCUT2D eigenvalue weighted by atomic mass is 10.3. The molecule has 1 aromatic rings. The standard InChI is InChI=1S/C14H21NO6S2/c1-4-15(11-7-8-22(16,17)10-11)23(18,19)12-5-6-13(20-2)14(9-12)21-3/h5-6,9,11H,4,7-8,10H2,1-3H3/t11-/m1/s1. The summed E-state index contributed by atoms with van der Waals surface area (Å²) in [7, 11) is -4.08. The number of sulfonamides is 1. The van der Waals surface area contributed by atoms with Gasteiger partial charge in [0.1, 0.15) is 0 Å². The van der Waals surface area contributed by atoms with Gasteiger partial charge >= 0.3 is 0 Å². The predicted molar refractivity (Wildman–Crippen MR) is 86.2 cm³/mol. The van der Waals surface area contributed by atoms with E-state index in [9.17, 15) is 16.8 Å². The van der Waals surface area contributed by atoms with Crippen molar-refractivity contribution in [3.63, 3.8) is 0 Å². The second kappa shape index (κ2) is 6.66. The van der Waals surface area contributed by atoms with Gasteiger partial charge in [-0.25, -0.2) is 16.8 Å². The number of hydrogen-bond acceptors (Lipinski definition) is 6. The molecule has 1 aromatic carbocycles. The predicted octanol–water partition coefficient (Wildman–Crippen LogP) is 0.902. The molecule has 0 aromatic heterocycles. The Bertz CT molecular complexity index is 772.